The van der Waals surface area contributed by atoms with E-state index in [1.807, 2.05) is 0 Å². The topological polar surface area (TPSA) is 95.7 Å². The molecule has 0 aliphatic carbocycles. The van der Waals surface area contributed by atoms with Crippen LogP contribution in [0.2, 0.25) is 5.02 Å². The summed E-state index contributed by atoms with van der Waals surface area (Å²) in [6.07, 6.45) is 4.56. The number of hydrogen-bond acceptors (Lipinski definition) is 5. The molecule has 2 aliphatic rings. The molecule has 2 saturated heterocycles. The molecule has 1 unspecified atom stereocenters. The summed E-state index contributed by atoms with van der Waals surface area (Å²) in [5, 5.41) is 2.22. The number of benzene rings is 2. The summed E-state index contributed by atoms with van der Waals surface area (Å²) < 4.78 is 28.8. The molecule has 34 heavy (non-hydrogen) atoms. The van der Waals surface area contributed by atoms with E-state index in [-0.39, 0.29) is 10.8 Å². The summed E-state index contributed by atoms with van der Waals surface area (Å²) in [5.41, 5.74) is 6.81. The average Bonchev–Trinajstić information content (AvgIpc) is 3.07. The van der Waals surface area contributed by atoms with E-state index < -0.39 is 16.1 Å². The van der Waals surface area contributed by atoms with Crippen molar-refractivity contribution < 1.29 is 13.2 Å². The van der Waals surface area contributed by atoms with Gasteiger partial charge in [0.15, 0.2) is 0 Å². The third-order valence-corrected chi connectivity index (χ3v) is 8.54. The number of piperidine rings is 1. The highest BCUT2D eigenvalue weighted by atomic mass is 35.5. The lowest BCUT2D eigenvalue weighted by Gasteiger charge is -2.36. The van der Waals surface area contributed by atoms with Gasteiger partial charge in [-0.25, -0.2) is 8.42 Å². The molecule has 2 aromatic rings. The third kappa shape index (κ3) is 5.74. The molecule has 184 valence electrons. The van der Waals surface area contributed by atoms with Crippen molar-refractivity contribution in [2.75, 3.05) is 32.7 Å². The normalized spacial score (nSPS) is 22.1. The van der Waals surface area contributed by atoms with Crippen LogP contribution >= 0.6 is 11.6 Å². The second-order valence-corrected chi connectivity index (χ2v) is 11.5. The Hall–Kier alpha value is -2.13. The maximum Gasteiger partial charge on any atom is 0.241 e. The van der Waals surface area contributed by atoms with E-state index in [0.29, 0.717) is 37.0 Å². The van der Waals surface area contributed by atoms with E-state index in [9.17, 15) is 13.2 Å². The molecule has 1 amide bonds. The van der Waals surface area contributed by atoms with E-state index in [1.165, 1.54) is 0 Å². The molecule has 2 aromatic carbocycles. The average molecular weight is 505 g/mol. The van der Waals surface area contributed by atoms with Crippen molar-refractivity contribution in [1.29, 1.82) is 0 Å². The van der Waals surface area contributed by atoms with Gasteiger partial charge in [0.25, 0.3) is 0 Å². The molecular weight excluding hydrogens is 472 g/mol. The number of nitrogens with one attached hydrogen (secondary N) is 1. The zero-order chi connectivity index (χ0) is 24.3. The molecule has 4 rings (SSSR count). The Bertz CT molecular complexity index is 1170. The molecular formula is C25H33ClN4O3S. The molecule has 2 atom stereocenters. The van der Waals surface area contributed by atoms with Crippen LogP contribution in [0.4, 0.5) is 0 Å². The van der Waals surface area contributed by atoms with E-state index in [0.717, 1.165) is 55.2 Å². The minimum Gasteiger partial charge on any atom is -0.374 e. The summed E-state index contributed by atoms with van der Waals surface area (Å²) >= 11 is 6.03. The van der Waals surface area contributed by atoms with Gasteiger partial charge in [0.05, 0.1) is 11.4 Å². The fraction of sp³-hybridized carbons (Fsp3) is 0.480. The van der Waals surface area contributed by atoms with Crippen LogP contribution in [0.25, 0.3) is 10.8 Å². The number of rotatable bonds is 7. The van der Waals surface area contributed by atoms with Crippen LogP contribution in [0.1, 0.15) is 32.1 Å². The summed E-state index contributed by atoms with van der Waals surface area (Å²) in [5.74, 6) is 0.239. The SMILES string of the molecule is C=C(CN1CCC[C@H](NS(=O)(=O)c2ccc3cc(Cl)ccc3c2)C1=O)N1CCCCC(CN)C1. The number of sulfonamides is 1. The number of nitrogens with zero attached hydrogens (tertiary/aromatic N) is 2. The van der Waals surface area contributed by atoms with Gasteiger partial charge in [-0.05, 0) is 73.2 Å². The number of halogens is 1. The van der Waals surface area contributed by atoms with Gasteiger partial charge in [0.2, 0.25) is 15.9 Å². The van der Waals surface area contributed by atoms with Gasteiger partial charge in [-0.3, -0.25) is 4.79 Å². The van der Waals surface area contributed by atoms with Crippen LogP contribution in [0.3, 0.4) is 0 Å². The minimum absolute atomic E-state index is 0.133. The van der Waals surface area contributed by atoms with Gasteiger partial charge in [-0.15, -0.1) is 0 Å². The quantitative estimate of drug-likeness (QED) is 0.603. The predicted octanol–water partition coefficient (Wildman–Crippen LogP) is 3.34. The highest BCUT2D eigenvalue weighted by Crippen LogP contribution is 2.24. The number of carbonyl (C=O) groups excluding carboxylic acids is 1. The van der Waals surface area contributed by atoms with Crippen LogP contribution in [0, 0.1) is 5.92 Å². The molecule has 0 spiro atoms. The first-order valence-corrected chi connectivity index (χ1v) is 13.8. The van der Waals surface area contributed by atoms with Gasteiger partial charge in [-0.1, -0.05) is 36.7 Å². The smallest absolute Gasteiger partial charge is 0.241 e. The van der Waals surface area contributed by atoms with Gasteiger partial charge < -0.3 is 15.5 Å². The molecule has 9 heteroatoms. The summed E-state index contributed by atoms with van der Waals surface area (Å²) in [6, 6.07) is 9.39. The molecule has 7 nitrogen and oxygen atoms in total. The van der Waals surface area contributed by atoms with E-state index in [1.54, 1.807) is 41.3 Å². The van der Waals surface area contributed by atoms with Crippen molar-refractivity contribution in [3.05, 3.63) is 53.7 Å². The van der Waals surface area contributed by atoms with Crippen molar-refractivity contribution >= 4 is 38.3 Å². The van der Waals surface area contributed by atoms with Crippen molar-refractivity contribution in [3.8, 4) is 0 Å². The number of fused-ring (bicyclic) bond motifs is 1. The first kappa shape index (κ1) is 25.0. The van der Waals surface area contributed by atoms with E-state index in [2.05, 4.69) is 16.2 Å². The number of amides is 1. The molecule has 2 aliphatic heterocycles. The maximum absolute atomic E-state index is 13.2. The fourth-order valence-corrected chi connectivity index (χ4v) is 6.29. The van der Waals surface area contributed by atoms with Crippen molar-refractivity contribution in [3.63, 3.8) is 0 Å². The van der Waals surface area contributed by atoms with E-state index in [4.69, 9.17) is 17.3 Å². The van der Waals surface area contributed by atoms with Crippen molar-refractivity contribution in [2.45, 2.75) is 43.0 Å². The number of carbonyl (C=O) groups is 1. The summed E-state index contributed by atoms with van der Waals surface area (Å²) in [6.45, 7) is 7.68. The summed E-state index contributed by atoms with van der Waals surface area (Å²) in [4.78, 5) is 17.3. The first-order valence-electron chi connectivity index (χ1n) is 11.9. The van der Waals surface area contributed by atoms with Gasteiger partial charge in [0.1, 0.15) is 6.04 Å². The lowest BCUT2D eigenvalue weighted by atomic mass is 10.0. The molecule has 2 fully saturated rings. The van der Waals surface area contributed by atoms with Crippen LogP contribution in [-0.2, 0) is 14.8 Å². The highest BCUT2D eigenvalue weighted by molar-refractivity contribution is 7.89. The van der Waals surface area contributed by atoms with Crippen LogP contribution in [0.5, 0.6) is 0 Å². The lowest BCUT2D eigenvalue weighted by Crippen LogP contribution is -2.53. The maximum atomic E-state index is 13.2. The Balaban J connectivity index is 1.43. The third-order valence-electron chi connectivity index (χ3n) is 6.83. The Morgan fingerprint density at radius 3 is 2.65 bits per heavy atom. The van der Waals surface area contributed by atoms with Gasteiger partial charge in [0, 0.05) is 30.4 Å². The monoisotopic (exact) mass is 504 g/mol. The first-order chi connectivity index (χ1) is 16.3. The number of likely N-dealkylation sites (tertiary alicyclic amines) is 2. The predicted molar refractivity (Wildman–Crippen MR) is 136 cm³/mol. The number of nitrogens with two attached hydrogens (primary N) is 1. The molecule has 2 heterocycles. The van der Waals surface area contributed by atoms with Crippen molar-refractivity contribution in [2.24, 2.45) is 11.7 Å². The van der Waals surface area contributed by atoms with E-state index >= 15 is 0 Å². The second kappa shape index (κ2) is 10.6. The number of hydrogen-bond donors (Lipinski definition) is 2. The zero-order valence-corrected chi connectivity index (χ0v) is 21.0. The molecule has 0 bridgehead atoms. The minimum atomic E-state index is -3.86. The Morgan fingerprint density at radius 2 is 1.85 bits per heavy atom. The van der Waals surface area contributed by atoms with Crippen LogP contribution < -0.4 is 10.5 Å². The Kier molecular flexibility index (Phi) is 7.82. The Morgan fingerprint density at radius 1 is 1.09 bits per heavy atom. The van der Waals surface area contributed by atoms with Crippen molar-refractivity contribution in [1.82, 2.24) is 14.5 Å². The highest BCUT2D eigenvalue weighted by Gasteiger charge is 2.33. The fourth-order valence-electron chi connectivity index (χ4n) is 4.85. The molecule has 0 radical (unpaired) electrons. The molecule has 3 N–H and O–H groups in total. The van der Waals surface area contributed by atoms with Crippen LogP contribution in [-0.4, -0.2) is 62.9 Å². The van der Waals surface area contributed by atoms with Crippen LogP contribution in [0.15, 0.2) is 53.6 Å². The zero-order valence-electron chi connectivity index (χ0n) is 19.4. The summed E-state index contributed by atoms with van der Waals surface area (Å²) in [7, 11) is -3.86. The van der Waals surface area contributed by atoms with Gasteiger partial charge in [-0.2, -0.15) is 4.72 Å². The second-order valence-electron chi connectivity index (χ2n) is 9.34. The molecule has 0 saturated carbocycles. The lowest BCUT2D eigenvalue weighted by molar-refractivity contribution is -0.135. The standard InChI is InChI=1S/C25H33ClN4O3S/c1-18(29-11-3-2-5-19(15-27)17-29)16-30-12-4-6-24(25(30)31)28-34(32,33)23-10-8-20-13-22(26)9-7-21(20)14-23/h7-10,13-14,19,24,28H,1-6,11-12,15-17,27H2/t19?,24-/m0/s1. The Labute approximate surface area is 207 Å². The molecule has 0 aromatic heterocycles. The van der Waals surface area contributed by atoms with Gasteiger partial charge >= 0.3 is 0 Å². The largest absolute Gasteiger partial charge is 0.374 e.